The summed E-state index contributed by atoms with van der Waals surface area (Å²) in [5, 5.41) is 8.59. The van der Waals surface area contributed by atoms with Gasteiger partial charge in [0.2, 0.25) is 0 Å². The van der Waals surface area contributed by atoms with Crippen molar-refractivity contribution in [3.8, 4) is 0 Å². The molecule has 2 aliphatic heterocycles. The van der Waals surface area contributed by atoms with Gasteiger partial charge in [-0.3, -0.25) is 0 Å². The van der Waals surface area contributed by atoms with Gasteiger partial charge < -0.3 is 4.90 Å². The number of piperidine rings is 1. The van der Waals surface area contributed by atoms with E-state index >= 15 is 0 Å². The summed E-state index contributed by atoms with van der Waals surface area (Å²) in [5.74, 6) is 1.01. The average Bonchev–Trinajstić information content (AvgIpc) is 2.51. The zero-order valence-electron chi connectivity index (χ0n) is 8.56. The Morgan fingerprint density at radius 1 is 1.07 bits per heavy atom. The van der Waals surface area contributed by atoms with Crippen molar-refractivity contribution in [1.29, 1.82) is 0 Å². The Hall–Kier alpha value is -0.830. The second-order valence-corrected chi connectivity index (χ2v) is 4.82. The highest BCUT2D eigenvalue weighted by Gasteiger charge is 2.37. The summed E-state index contributed by atoms with van der Waals surface area (Å²) in [6, 6.07) is 5.21. The summed E-state index contributed by atoms with van der Waals surface area (Å²) in [7, 11) is 0. The van der Waals surface area contributed by atoms with Gasteiger partial charge in [-0.2, -0.15) is 0 Å². The van der Waals surface area contributed by atoms with E-state index in [2.05, 4.69) is 15.1 Å². The van der Waals surface area contributed by atoms with Crippen LogP contribution in [0.25, 0.3) is 0 Å². The number of anilines is 1. The molecule has 0 aromatic carbocycles. The van der Waals surface area contributed by atoms with Crippen LogP contribution >= 0.6 is 11.6 Å². The molecule has 0 aliphatic carbocycles. The molecule has 3 heterocycles. The smallest absolute Gasteiger partial charge is 0.151 e. The Morgan fingerprint density at radius 2 is 1.80 bits per heavy atom. The molecule has 3 nitrogen and oxygen atoms in total. The van der Waals surface area contributed by atoms with Gasteiger partial charge in [-0.1, -0.05) is 11.6 Å². The highest BCUT2D eigenvalue weighted by atomic mass is 35.5. The van der Waals surface area contributed by atoms with E-state index in [-0.39, 0.29) is 0 Å². The van der Waals surface area contributed by atoms with Crippen LogP contribution in [0.1, 0.15) is 32.1 Å². The Balaban J connectivity index is 1.90. The molecule has 0 amide bonds. The van der Waals surface area contributed by atoms with Crippen molar-refractivity contribution in [1.82, 2.24) is 10.2 Å². The van der Waals surface area contributed by atoms with Crippen molar-refractivity contribution in [3.63, 3.8) is 0 Å². The summed E-state index contributed by atoms with van der Waals surface area (Å²) >= 11 is 5.75. The number of fused-ring (bicyclic) bond motifs is 2. The lowest BCUT2D eigenvalue weighted by Gasteiger charge is -2.35. The third kappa shape index (κ3) is 1.59. The molecule has 1 aromatic rings. The fourth-order valence-corrected chi connectivity index (χ4v) is 3.04. The molecule has 0 spiro atoms. The van der Waals surface area contributed by atoms with Crippen molar-refractivity contribution in [3.05, 3.63) is 17.3 Å². The lowest BCUT2D eigenvalue weighted by Crippen LogP contribution is -2.40. The summed E-state index contributed by atoms with van der Waals surface area (Å²) in [5.41, 5.74) is 0. The fourth-order valence-electron chi connectivity index (χ4n) is 2.94. The van der Waals surface area contributed by atoms with Crippen LogP contribution in [0.2, 0.25) is 5.15 Å². The standard InChI is InChI=1S/C11H14ClN3/c12-10-6-7-11(14-13-10)15-8-2-1-3-9(15)5-4-8/h6-9H,1-5H2. The van der Waals surface area contributed by atoms with Crippen LogP contribution < -0.4 is 4.90 Å². The first kappa shape index (κ1) is 9.40. The van der Waals surface area contributed by atoms with Gasteiger partial charge in [0.15, 0.2) is 11.0 Å². The molecule has 0 N–H and O–H groups in total. The van der Waals surface area contributed by atoms with Gasteiger partial charge in [-0.25, -0.2) is 0 Å². The van der Waals surface area contributed by atoms with Gasteiger partial charge in [0, 0.05) is 12.1 Å². The fraction of sp³-hybridized carbons (Fsp3) is 0.636. The summed E-state index contributed by atoms with van der Waals surface area (Å²) < 4.78 is 0. The molecule has 2 aliphatic rings. The first-order valence-corrected chi connectivity index (χ1v) is 6.00. The molecule has 4 heteroatoms. The SMILES string of the molecule is Clc1ccc(N2C3CCCC2CC3)nn1. The van der Waals surface area contributed by atoms with Crippen LogP contribution in [-0.4, -0.2) is 22.3 Å². The van der Waals surface area contributed by atoms with Crippen molar-refractivity contribution in [2.75, 3.05) is 4.90 Å². The quantitative estimate of drug-likeness (QED) is 0.733. The minimum Gasteiger partial charge on any atom is -0.349 e. The maximum absolute atomic E-state index is 5.75. The highest BCUT2D eigenvalue weighted by Crippen LogP contribution is 2.38. The van der Waals surface area contributed by atoms with E-state index in [1.54, 1.807) is 0 Å². The average molecular weight is 224 g/mol. The molecule has 1 aromatic heterocycles. The van der Waals surface area contributed by atoms with E-state index in [1.165, 1.54) is 32.1 Å². The monoisotopic (exact) mass is 223 g/mol. The van der Waals surface area contributed by atoms with Crippen LogP contribution in [0, 0.1) is 0 Å². The first-order valence-electron chi connectivity index (χ1n) is 5.62. The zero-order chi connectivity index (χ0) is 10.3. The second-order valence-electron chi connectivity index (χ2n) is 4.44. The van der Waals surface area contributed by atoms with E-state index in [4.69, 9.17) is 11.6 Å². The minimum absolute atomic E-state index is 0.475. The largest absolute Gasteiger partial charge is 0.349 e. The molecule has 2 bridgehead atoms. The molecular weight excluding hydrogens is 210 g/mol. The molecule has 2 atom stereocenters. The maximum atomic E-state index is 5.75. The summed E-state index contributed by atoms with van der Waals surface area (Å²) in [4.78, 5) is 2.45. The van der Waals surface area contributed by atoms with Crippen molar-refractivity contribution >= 4 is 17.4 Å². The van der Waals surface area contributed by atoms with E-state index in [9.17, 15) is 0 Å². The minimum atomic E-state index is 0.475. The molecule has 0 saturated carbocycles. The second kappa shape index (κ2) is 3.63. The van der Waals surface area contributed by atoms with Gasteiger partial charge in [-0.15, -0.1) is 10.2 Å². The van der Waals surface area contributed by atoms with Crippen LogP contribution in [0.15, 0.2) is 12.1 Å². The lowest BCUT2D eigenvalue weighted by molar-refractivity contribution is 0.463. The van der Waals surface area contributed by atoms with E-state index in [0.717, 1.165) is 5.82 Å². The topological polar surface area (TPSA) is 29.0 Å². The number of hydrogen-bond acceptors (Lipinski definition) is 3. The van der Waals surface area contributed by atoms with Crippen molar-refractivity contribution < 1.29 is 0 Å². The number of nitrogens with zero attached hydrogens (tertiary/aromatic N) is 3. The molecule has 80 valence electrons. The number of aromatic nitrogens is 2. The predicted octanol–water partition coefficient (Wildman–Crippen LogP) is 2.65. The lowest BCUT2D eigenvalue weighted by atomic mass is 10.0. The highest BCUT2D eigenvalue weighted by molar-refractivity contribution is 6.29. The normalized spacial score (nSPS) is 29.5. The van der Waals surface area contributed by atoms with Crippen LogP contribution in [0.4, 0.5) is 5.82 Å². The van der Waals surface area contributed by atoms with E-state index in [0.29, 0.717) is 17.2 Å². The molecule has 0 radical (unpaired) electrons. The summed E-state index contributed by atoms with van der Waals surface area (Å²) in [6.45, 7) is 0. The molecule has 2 saturated heterocycles. The Kier molecular flexibility index (Phi) is 2.28. The first-order chi connectivity index (χ1) is 7.34. The number of hydrogen-bond donors (Lipinski definition) is 0. The van der Waals surface area contributed by atoms with E-state index in [1.807, 2.05) is 12.1 Å². The summed E-state index contributed by atoms with van der Waals surface area (Å²) in [6.07, 6.45) is 6.61. The van der Waals surface area contributed by atoms with Gasteiger partial charge in [0.25, 0.3) is 0 Å². The van der Waals surface area contributed by atoms with E-state index < -0.39 is 0 Å². The predicted molar refractivity (Wildman–Crippen MR) is 60.2 cm³/mol. The molecule has 2 fully saturated rings. The van der Waals surface area contributed by atoms with Gasteiger partial charge in [0.05, 0.1) is 0 Å². The van der Waals surface area contributed by atoms with Gasteiger partial charge in [0.1, 0.15) is 0 Å². The Morgan fingerprint density at radius 3 is 2.40 bits per heavy atom. The number of rotatable bonds is 1. The maximum Gasteiger partial charge on any atom is 0.151 e. The van der Waals surface area contributed by atoms with Crippen molar-refractivity contribution in [2.24, 2.45) is 0 Å². The van der Waals surface area contributed by atoms with Crippen LogP contribution in [-0.2, 0) is 0 Å². The van der Waals surface area contributed by atoms with Crippen LogP contribution in [0.5, 0.6) is 0 Å². The zero-order valence-corrected chi connectivity index (χ0v) is 9.32. The van der Waals surface area contributed by atoms with Crippen LogP contribution in [0.3, 0.4) is 0 Å². The molecular formula is C11H14ClN3. The third-order valence-corrected chi connectivity index (χ3v) is 3.78. The Labute approximate surface area is 94.4 Å². The van der Waals surface area contributed by atoms with Gasteiger partial charge in [-0.05, 0) is 44.2 Å². The molecule has 2 unspecified atom stereocenters. The molecule has 3 rings (SSSR count). The Bertz CT molecular complexity index is 335. The molecule has 15 heavy (non-hydrogen) atoms. The third-order valence-electron chi connectivity index (χ3n) is 3.58. The van der Waals surface area contributed by atoms with Gasteiger partial charge >= 0.3 is 0 Å². The van der Waals surface area contributed by atoms with Crippen molar-refractivity contribution in [2.45, 2.75) is 44.2 Å². The number of halogens is 1.